The summed E-state index contributed by atoms with van der Waals surface area (Å²) in [5.74, 6) is 2.69. The van der Waals surface area contributed by atoms with Crippen LogP contribution in [0.3, 0.4) is 0 Å². The Hall–Kier alpha value is -0.450. The molecule has 0 bridgehead atoms. The van der Waals surface area contributed by atoms with Crippen LogP contribution in [0.25, 0.3) is 0 Å². The molecule has 0 aromatic carbocycles. The number of aliphatic imine (C=N–C) groups is 1. The van der Waals surface area contributed by atoms with Crippen molar-refractivity contribution in [2.75, 3.05) is 39.3 Å². The maximum Gasteiger partial charge on any atom is 0.191 e. The number of piperidine rings is 1. The monoisotopic (exact) mass is 565 g/mol. The van der Waals surface area contributed by atoms with Crippen molar-refractivity contribution in [3.8, 4) is 0 Å². The third kappa shape index (κ3) is 11.3. The van der Waals surface area contributed by atoms with Crippen molar-refractivity contribution < 1.29 is 5.11 Å². The molecular formula is C23H44IN5OS. The molecule has 1 fully saturated rings. The summed E-state index contributed by atoms with van der Waals surface area (Å²) in [5.41, 5.74) is 1.23. The van der Waals surface area contributed by atoms with E-state index in [-0.39, 0.29) is 30.6 Å². The second-order valence-corrected chi connectivity index (χ2v) is 9.86. The van der Waals surface area contributed by atoms with Gasteiger partial charge in [0.1, 0.15) is 0 Å². The normalized spacial score (nSPS) is 16.9. The predicted molar refractivity (Wildman–Crippen MR) is 144 cm³/mol. The zero-order chi connectivity index (χ0) is 21.8. The van der Waals surface area contributed by atoms with Crippen molar-refractivity contribution in [1.29, 1.82) is 0 Å². The van der Waals surface area contributed by atoms with E-state index in [0.717, 1.165) is 64.5 Å². The third-order valence-corrected chi connectivity index (χ3v) is 6.79. The van der Waals surface area contributed by atoms with E-state index < -0.39 is 0 Å². The van der Waals surface area contributed by atoms with Crippen LogP contribution in [0.15, 0.2) is 10.4 Å². The molecule has 6 nitrogen and oxygen atoms in total. The van der Waals surface area contributed by atoms with Crippen LogP contribution in [0.5, 0.6) is 0 Å². The lowest BCUT2D eigenvalue weighted by Gasteiger charge is -2.31. The van der Waals surface area contributed by atoms with E-state index in [2.05, 4.69) is 48.6 Å². The van der Waals surface area contributed by atoms with E-state index in [4.69, 9.17) is 9.98 Å². The van der Waals surface area contributed by atoms with E-state index in [9.17, 15) is 5.11 Å². The second kappa shape index (κ2) is 16.2. The van der Waals surface area contributed by atoms with Crippen LogP contribution in [-0.4, -0.2) is 60.3 Å². The van der Waals surface area contributed by atoms with Gasteiger partial charge in [-0.3, -0.25) is 9.89 Å². The van der Waals surface area contributed by atoms with Crippen LogP contribution >= 0.6 is 35.3 Å². The molecule has 1 aliphatic heterocycles. The Labute approximate surface area is 210 Å². The Morgan fingerprint density at radius 2 is 2.03 bits per heavy atom. The summed E-state index contributed by atoms with van der Waals surface area (Å²) in [7, 11) is 0. The molecule has 31 heavy (non-hydrogen) atoms. The number of aryl methyl sites for hydroxylation is 1. The largest absolute Gasteiger partial charge is 0.396 e. The molecule has 0 radical (unpaired) electrons. The van der Waals surface area contributed by atoms with Crippen LogP contribution in [0, 0.1) is 17.8 Å². The highest BCUT2D eigenvalue weighted by atomic mass is 127. The molecule has 0 saturated carbocycles. The first-order valence-electron chi connectivity index (χ1n) is 11.8. The number of aromatic nitrogens is 1. The molecule has 1 aliphatic rings. The smallest absolute Gasteiger partial charge is 0.191 e. The Kier molecular flexibility index (Phi) is 14.9. The lowest BCUT2D eigenvalue weighted by Crippen LogP contribution is -2.43. The number of nitrogens with zero attached hydrogens (tertiary/aromatic N) is 3. The number of hydrogen-bond acceptors (Lipinski definition) is 5. The average Bonchev–Trinajstić information content (AvgIpc) is 3.18. The molecule has 180 valence electrons. The zero-order valence-electron chi connectivity index (χ0n) is 19.9. The van der Waals surface area contributed by atoms with Crippen molar-refractivity contribution in [1.82, 2.24) is 20.5 Å². The highest BCUT2D eigenvalue weighted by Crippen LogP contribution is 2.20. The summed E-state index contributed by atoms with van der Waals surface area (Å²) in [6.45, 7) is 14.9. The van der Waals surface area contributed by atoms with Gasteiger partial charge in [-0.25, -0.2) is 4.98 Å². The summed E-state index contributed by atoms with van der Waals surface area (Å²) in [6, 6.07) is 0. The fraction of sp³-hybridized carbons (Fsp3) is 0.826. The molecule has 1 atom stereocenters. The first-order chi connectivity index (χ1) is 14.5. The maximum atomic E-state index is 9.33. The summed E-state index contributed by atoms with van der Waals surface area (Å²) < 4.78 is 0. The minimum atomic E-state index is 0. The standard InChI is InChI=1S/C23H43N5OS.HI/c1-5-22-27-21(17-30-22)16-28-10-7-19(8-11-28)14-25-23(24-6-2)26-15-20(9-12-29)13-18(3)4;/h17-20,29H,5-16H2,1-4H3,(H2,24,25,26);1H. The van der Waals surface area contributed by atoms with E-state index >= 15 is 0 Å². The topological polar surface area (TPSA) is 72.8 Å². The van der Waals surface area contributed by atoms with E-state index in [0.29, 0.717) is 17.8 Å². The molecule has 0 aliphatic carbocycles. The molecular weight excluding hydrogens is 521 g/mol. The SMILES string of the molecule is CCNC(=NCC(CCO)CC(C)C)NCC1CCN(Cc2csc(CC)n2)CC1.I. The number of aliphatic hydroxyl groups is 1. The van der Waals surface area contributed by atoms with Gasteiger partial charge in [-0.05, 0) is 69.9 Å². The minimum Gasteiger partial charge on any atom is -0.396 e. The Bertz CT molecular complexity index is 617. The molecule has 1 aromatic rings. The molecule has 0 spiro atoms. The Morgan fingerprint density at radius 1 is 1.29 bits per heavy atom. The van der Waals surface area contributed by atoms with Gasteiger partial charge in [-0.1, -0.05) is 20.8 Å². The van der Waals surface area contributed by atoms with E-state index in [1.165, 1.54) is 23.5 Å². The van der Waals surface area contributed by atoms with Gasteiger partial charge in [0, 0.05) is 38.2 Å². The number of nitrogens with one attached hydrogen (secondary N) is 2. The fourth-order valence-corrected chi connectivity index (χ4v) is 4.83. The van der Waals surface area contributed by atoms with Gasteiger partial charge in [0.15, 0.2) is 5.96 Å². The molecule has 2 rings (SSSR count). The van der Waals surface area contributed by atoms with Gasteiger partial charge in [0.05, 0.1) is 10.7 Å². The lowest BCUT2D eigenvalue weighted by atomic mass is 9.94. The Balaban J connectivity index is 0.00000480. The summed E-state index contributed by atoms with van der Waals surface area (Å²) in [5, 5.41) is 19.7. The molecule has 3 N–H and O–H groups in total. The van der Waals surface area contributed by atoms with Crippen LogP contribution in [0.2, 0.25) is 0 Å². The maximum absolute atomic E-state index is 9.33. The van der Waals surface area contributed by atoms with Crippen molar-refractivity contribution >= 4 is 41.3 Å². The first-order valence-corrected chi connectivity index (χ1v) is 12.7. The quantitative estimate of drug-likeness (QED) is 0.202. The van der Waals surface area contributed by atoms with Gasteiger partial charge in [-0.2, -0.15) is 0 Å². The van der Waals surface area contributed by atoms with Gasteiger partial charge in [0.25, 0.3) is 0 Å². The van der Waals surface area contributed by atoms with E-state index in [1.54, 1.807) is 11.3 Å². The van der Waals surface area contributed by atoms with Crippen LogP contribution < -0.4 is 10.6 Å². The number of likely N-dealkylation sites (tertiary alicyclic amines) is 1. The number of halogens is 1. The van der Waals surface area contributed by atoms with Crippen LogP contribution in [-0.2, 0) is 13.0 Å². The third-order valence-electron chi connectivity index (χ3n) is 5.75. The average molecular weight is 566 g/mol. The summed E-state index contributed by atoms with van der Waals surface area (Å²) in [4.78, 5) is 12.1. The number of rotatable bonds is 12. The first kappa shape index (κ1) is 28.6. The number of thiazole rings is 1. The van der Waals surface area contributed by atoms with Crippen LogP contribution in [0.4, 0.5) is 0 Å². The summed E-state index contributed by atoms with van der Waals surface area (Å²) >= 11 is 1.79. The number of aliphatic hydroxyl groups excluding tert-OH is 1. The summed E-state index contributed by atoms with van der Waals surface area (Å²) in [6.07, 6.45) is 5.42. The molecule has 1 aromatic heterocycles. The lowest BCUT2D eigenvalue weighted by molar-refractivity contribution is 0.176. The predicted octanol–water partition coefficient (Wildman–Crippen LogP) is 4.14. The molecule has 8 heteroatoms. The molecule has 2 heterocycles. The zero-order valence-corrected chi connectivity index (χ0v) is 23.0. The highest BCUT2D eigenvalue weighted by molar-refractivity contribution is 14.0. The van der Waals surface area contributed by atoms with E-state index in [1.807, 2.05) is 0 Å². The molecule has 1 saturated heterocycles. The van der Waals surface area contributed by atoms with Gasteiger partial charge >= 0.3 is 0 Å². The van der Waals surface area contributed by atoms with Crippen molar-refractivity contribution in [3.05, 3.63) is 16.1 Å². The van der Waals surface area contributed by atoms with Gasteiger partial charge < -0.3 is 15.7 Å². The fourth-order valence-electron chi connectivity index (χ4n) is 4.10. The van der Waals surface area contributed by atoms with Crippen molar-refractivity contribution in [2.45, 2.75) is 66.3 Å². The van der Waals surface area contributed by atoms with Crippen molar-refractivity contribution in [3.63, 3.8) is 0 Å². The van der Waals surface area contributed by atoms with Gasteiger partial charge in [0.2, 0.25) is 0 Å². The molecule has 0 amide bonds. The second-order valence-electron chi connectivity index (χ2n) is 8.91. The van der Waals surface area contributed by atoms with Gasteiger partial charge in [-0.15, -0.1) is 35.3 Å². The Morgan fingerprint density at radius 3 is 2.61 bits per heavy atom. The molecule has 1 unspecified atom stereocenters. The minimum absolute atomic E-state index is 0. The number of guanidine groups is 1. The van der Waals surface area contributed by atoms with Crippen molar-refractivity contribution in [2.24, 2.45) is 22.7 Å². The van der Waals surface area contributed by atoms with Crippen LogP contribution in [0.1, 0.15) is 64.1 Å². The highest BCUT2D eigenvalue weighted by Gasteiger charge is 2.20. The number of hydrogen-bond donors (Lipinski definition) is 3.